The second kappa shape index (κ2) is 12.6. The maximum atomic E-state index is 8.00. The largest absolute Gasteiger partial charge is 0.499 e. The van der Waals surface area contributed by atoms with E-state index >= 15 is 0 Å². The molecule has 0 amide bonds. The molecule has 1 unspecified atom stereocenters. The quantitative estimate of drug-likeness (QED) is 0.549. The number of rotatable bonds is 0. The fourth-order valence-electron chi connectivity index (χ4n) is 0.644. The smallest absolute Gasteiger partial charge is 0.106 e. The third kappa shape index (κ3) is 8.97. The van der Waals surface area contributed by atoms with Crippen LogP contribution in [-0.2, 0) is 9.53 Å². The van der Waals surface area contributed by atoms with Gasteiger partial charge in [0.2, 0.25) is 0 Å². The Bertz CT molecular complexity index is 96.5. The lowest BCUT2D eigenvalue weighted by molar-refractivity contribution is -0.0979. The standard InChI is InChI=1S/C6H11NO.CH4O.CH2O/c1-6-4-7-2-3-8-5-6;2*1-2/h2-3,6-7H,4-5H2,1H3;2H,1H3;1H2. The maximum Gasteiger partial charge on any atom is 0.106 e. The van der Waals surface area contributed by atoms with Crippen LogP contribution >= 0.6 is 0 Å². The average Bonchev–Trinajstić information content (AvgIpc) is 2.40. The van der Waals surface area contributed by atoms with Gasteiger partial charge in [-0.15, -0.1) is 0 Å². The third-order valence-electron chi connectivity index (χ3n) is 1.13. The van der Waals surface area contributed by atoms with E-state index in [9.17, 15) is 0 Å². The molecule has 0 aliphatic carbocycles. The van der Waals surface area contributed by atoms with Crippen LogP contribution in [0.15, 0.2) is 12.5 Å². The molecule has 4 heteroatoms. The minimum absolute atomic E-state index is 0.630. The van der Waals surface area contributed by atoms with Gasteiger partial charge in [0.05, 0.1) is 12.9 Å². The number of hydrogen-bond donors (Lipinski definition) is 2. The number of aliphatic hydroxyl groups excluding tert-OH is 1. The molecule has 0 radical (unpaired) electrons. The van der Waals surface area contributed by atoms with Gasteiger partial charge >= 0.3 is 0 Å². The molecule has 2 N–H and O–H groups in total. The monoisotopic (exact) mass is 175 g/mol. The lowest BCUT2D eigenvalue weighted by atomic mass is 10.2. The zero-order chi connectivity index (χ0) is 9.82. The molecule has 0 saturated carbocycles. The molecule has 12 heavy (non-hydrogen) atoms. The minimum Gasteiger partial charge on any atom is -0.499 e. The Kier molecular flexibility index (Phi) is 14.3. The predicted octanol–water partition coefficient (Wildman–Crippen LogP) is 0.137. The zero-order valence-electron chi connectivity index (χ0n) is 7.62. The van der Waals surface area contributed by atoms with Crippen LogP contribution in [0.3, 0.4) is 0 Å². The van der Waals surface area contributed by atoms with Crippen LogP contribution in [0.2, 0.25) is 0 Å². The number of hydrogen-bond acceptors (Lipinski definition) is 4. The van der Waals surface area contributed by atoms with Gasteiger partial charge in [-0.05, 0) is 0 Å². The second-order valence-corrected chi connectivity index (χ2v) is 2.15. The topological polar surface area (TPSA) is 58.6 Å². The molecule has 1 aliphatic heterocycles. The Morgan fingerprint density at radius 1 is 1.58 bits per heavy atom. The maximum absolute atomic E-state index is 8.00. The van der Waals surface area contributed by atoms with Crippen LogP contribution in [0.4, 0.5) is 0 Å². The van der Waals surface area contributed by atoms with Crippen LogP contribution < -0.4 is 5.32 Å². The third-order valence-corrected chi connectivity index (χ3v) is 1.13. The van der Waals surface area contributed by atoms with Crippen molar-refractivity contribution in [3.63, 3.8) is 0 Å². The van der Waals surface area contributed by atoms with E-state index in [0.29, 0.717) is 5.92 Å². The van der Waals surface area contributed by atoms with Gasteiger partial charge in [-0.2, -0.15) is 0 Å². The van der Waals surface area contributed by atoms with Crippen molar-refractivity contribution in [1.82, 2.24) is 5.32 Å². The number of aliphatic hydroxyl groups is 1. The van der Waals surface area contributed by atoms with E-state index in [2.05, 4.69) is 12.2 Å². The van der Waals surface area contributed by atoms with E-state index in [1.54, 1.807) is 6.26 Å². The summed E-state index contributed by atoms with van der Waals surface area (Å²) in [5, 5.41) is 10.1. The Balaban J connectivity index is 0. The van der Waals surface area contributed by atoms with Gasteiger partial charge in [-0.1, -0.05) is 6.92 Å². The van der Waals surface area contributed by atoms with E-state index < -0.39 is 0 Å². The summed E-state index contributed by atoms with van der Waals surface area (Å²) >= 11 is 0. The number of ether oxygens (including phenoxy) is 1. The molecule has 0 aromatic carbocycles. The van der Waals surface area contributed by atoms with Gasteiger partial charge in [-0.25, -0.2) is 0 Å². The van der Waals surface area contributed by atoms with E-state index in [-0.39, 0.29) is 0 Å². The Hall–Kier alpha value is -1.03. The van der Waals surface area contributed by atoms with Crippen LogP contribution in [-0.4, -0.2) is 32.2 Å². The SMILES string of the molecule is C=O.CC1CNC=COC1.CO. The molecule has 0 aromatic heterocycles. The van der Waals surface area contributed by atoms with Gasteiger partial charge in [-0.3, -0.25) is 0 Å². The van der Waals surface area contributed by atoms with Crippen molar-refractivity contribution >= 4 is 6.79 Å². The first-order valence-electron chi connectivity index (χ1n) is 3.63. The van der Waals surface area contributed by atoms with E-state index in [4.69, 9.17) is 14.6 Å². The molecule has 72 valence electrons. The van der Waals surface area contributed by atoms with Gasteiger partial charge in [0.25, 0.3) is 0 Å². The van der Waals surface area contributed by atoms with Crippen molar-refractivity contribution in [1.29, 1.82) is 0 Å². The molecule has 1 atom stereocenters. The van der Waals surface area contributed by atoms with Crippen LogP contribution in [0.25, 0.3) is 0 Å². The van der Waals surface area contributed by atoms with Gasteiger partial charge in [0.1, 0.15) is 6.79 Å². The fraction of sp³-hybridized carbons (Fsp3) is 0.625. The van der Waals surface area contributed by atoms with E-state index in [1.165, 1.54) is 0 Å². The number of carbonyl (C=O) groups excluding carboxylic acids is 1. The van der Waals surface area contributed by atoms with Crippen molar-refractivity contribution in [2.45, 2.75) is 6.92 Å². The first-order valence-corrected chi connectivity index (χ1v) is 3.63. The molecule has 1 aliphatic rings. The molecule has 1 heterocycles. The molecule has 1 rings (SSSR count). The second-order valence-electron chi connectivity index (χ2n) is 2.15. The van der Waals surface area contributed by atoms with Gasteiger partial charge < -0.3 is 20.0 Å². The normalized spacial score (nSPS) is 19.4. The molecular weight excluding hydrogens is 158 g/mol. The van der Waals surface area contributed by atoms with Crippen LogP contribution in [0.5, 0.6) is 0 Å². The van der Waals surface area contributed by atoms with E-state index in [0.717, 1.165) is 20.3 Å². The summed E-state index contributed by atoms with van der Waals surface area (Å²) in [6.45, 7) is 6.01. The van der Waals surface area contributed by atoms with Crippen molar-refractivity contribution in [3.05, 3.63) is 12.5 Å². The molecular formula is C8H17NO3. The number of carbonyl (C=O) groups is 1. The Morgan fingerprint density at radius 3 is 2.75 bits per heavy atom. The lowest BCUT2D eigenvalue weighted by Gasteiger charge is -2.04. The number of nitrogens with one attached hydrogen (secondary N) is 1. The fourth-order valence-corrected chi connectivity index (χ4v) is 0.644. The molecule has 0 aromatic rings. The molecule has 0 bridgehead atoms. The summed E-state index contributed by atoms with van der Waals surface area (Å²) in [5.74, 6) is 0.630. The lowest BCUT2D eigenvalue weighted by Crippen LogP contribution is -2.15. The van der Waals surface area contributed by atoms with Gasteiger partial charge in [0, 0.05) is 25.8 Å². The van der Waals surface area contributed by atoms with Crippen LogP contribution in [0.1, 0.15) is 6.92 Å². The summed E-state index contributed by atoms with van der Waals surface area (Å²) in [6, 6.07) is 0. The molecule has 0 saturated heterocycles. The average molecular weight is 175 g/mol. The highest BCUT2D eigenvalue weighted by molar-refractivity contribution is 5.10. The molecule has 0 fully saturated rings. The van der Waals surface area contributed by atoms with Gasteiger partial charge in [0.15, 0.2) is 0 Å². The summed E-state index contributed by atoms with van der Waals surface area (Å²) in [4.78, 5) is 8.00. The summed E-state index contributed by atoms with van der Waals surface area (Å²) in [5.41, 5.74) is 0. The van der Waals surface area contributed by atoms with Crippen molar-refractivity contribution in [2.24, 2.45) is 5.92 Å². The first-order chi connectivity index (χ1) is 5.89. The highest BCUT2D eigenvalue weighted by Gasteiger charge is 2.00. The summed E-state index contributed by atoms with van der Waals surface area (Å²) in [6.07, 6.45) is 3.53. The van der Waals surface area contributed by atoms with Crippen molar-refractivity contribution < 1.29 is 14.6 Å². The Morgan fingerprint density at radius 2 is 2.17 bits per heavy atom. The first kappa shape index (κ1) is 13.6. The zero-order valence-corrected chi connectivity index (χ0v) is 7.62. The van der Waals surface area contributed by atoms with E-state index in [1.807, 2.05) is 13.0 Å². The molecule has 4 nitrogen and oxygen atoms in total. The van der Waals surface area contributed by atoms with Crippen LogP contribution in [0, 0.1) is 5.92 Å². The Labute approximate surface area is 73.2 Å². The van der Waals surface area contributed by atoms with Crippen molar-refractivity contribution in [2.75, 3.05) is 20.3 Å². The summed E-state index contributed by atoms with van der Waals surface area (Å²) in [7, 11) is 1.00. The van der Waals surface area contributed by atoms with Crippen molar-refractivity contribution in [3.8, 4) is 0 Å². The minimum atomic E-state index is 0.630. The highest BCUT2D eigenvalue weighted by atomic mass is 16.5. The molecule has 0 spiro atoms. The highest BCUT2D eigenvalue weighted by Crippen LogP contribution is 1.96. The predicted molar refractivity (Wildman–Crippen MR) is 47.5 cm³/mol. The summed E-state index contributed by atoms with van der Waals surface area (Å²) < 4.78 is 5.06.